The molecule has 0 spiro atoms. The molecule has 1 aromatic carbocycles. The van der Waals surface area contributed by atoms with E-state index < -0.39 is 5.97 Å². The summed E-state index contributed by atoms with van der Waals surface area (Å²) in [5.41, 5.74) is 2.50. The highest BCUT2D eigenvalue weighted by atomic mass is 16.5. The summed E-state index contributed by atoms with van der Waals surface area (Å²) in [5.74, 6) is -0.873. The van der Waals surface area contributed by atoms with Gasteiger partial charge in [-0.05, 0) is 26.3 Å². The maximum absolute atomic E-state index is 12.8. The fourth-order valence-corrected chi connectivity index (χ4v) is 2.99. The predicted octanol–water partition coefficient (Wildman–Crippen LogP) is 3.75. The number of nitrogens with one attached hydrogen (secondary N) is 1. The molecular weight excluding hydrogens is 368 g/mol. The van der Waals surface area contributed by atoms with Crippen LogP contribution in [-0.2, 0) is 9.53 Å². The number of ether oxygens (including phenoxy) is 1. The summed E-state index contributed by atoms with van der Waals surface area (Å²) < 4.78 is 7.05. The molecule has 152 valence electrons. The van der Waals surface area contributed by atoms with Crippen LogP contribution in [-0.4, -0.2) is 39.8 Å². The molecule has 0 aliphatic carbocycles. The van der Waals surface area contributed by atoms with E-state index in [4.69, 9.17) is 9.72 Å². The number of benzene rings is 1. The van der Waals surface area contributed by atoms with Gasteiger partial charge in [0.1, 0.15) is 0 Å². The number of hydrogen-bond donors (Lipinski definition) is 1. The first-order valence-electron chi connectivity index (χ1n) is 9.88. The van der Waals surface area contributed by atoms with E-state index in [1.165, 1.54) is 0 Å². The average Bonchev–Trinajstić information content (AvgIpc) is 3.16. The Morgan fingerprint density at radius 1 is 1.21 bits per heavy atom. The number of pyridine rings is 1. The van der Waals surface area contributed by atoms with Crippen LogP contribution < -0.4 is 5.32 Å². The second kappa shape index (κ2) is 9.32. The first-order chi connectivity index (χ1) is 14.0. The number of carbonyl (C=O) groups is 2. The van der Waals surface area contributed by atoms with Crippen LogP contribution in [0.2, 0.25) is 0 Å². The third-order valence-corrected chi connectivity index (χ3v) is 4.53. The normalized spacial score (nSPS) is 11.0. The lowest BCUT2D eigenvalue weighted by Gasteiger charge is -2.11. The van der Waals surface area contributed by atoms with Crippen molar-refractivity contribution in [3.8, 4) is 11.3 Å². The molecule has 1 N–H and O–H groups in total. The Bertz CT molecular complexity index is 996. The van der Waals surface area contributed by atoms with Gasteiger partial charge in [-0.3, -0.25) is 4.79 Å². The topological polar surface area (TPSA) is 86.1 Å². The highest BCUT2D eigenvalue weighted by molar-refractivity contribution is 6.04. The monoisotopic (exact) mass is 394 g/mol. The molecule has 1 amide bonds. The van der Waals surface area contributed by atoms with Gasteiger partial charge in [0.2, 0.25) is 0 Å². The van der Waals surface area contributed by atoms with E-state index in [2.05, 4.69) is 10.4 Å². The standard InChI is InChI=1S/C22H26N4O3/c1-4-5-11-23-20(27)14-29-22(28)17-12-19(16-9-7-6-8-10-16)25-21-18(17)13-24-26(21)15(2)3/h6-10,12-13,15H,4-5,11,14H2,1-3H3,(H,23,27). The lowest BCUT2D eigenvalue weighted by Crippen LogP contribution is -2.29. The van der Waals surface area contributed by atoms with Crippen LogP contribution in [0.4, 0.5) is 0 Å². The van der Waals surface area contributed by atoms with Gasteiger partial charge < -0.3 is 10.1 Å². The Morgan fingerprint density at radius 2 is 1.97 bits per heavy atom. The Balaban J connectivity index is 1.91. The molecule has 3 rings (SSSR count). The van der Waals surface area contributed by atoms with Gasteiger partial charge >= 0.3 is 5.97 Å². The molecule has 2 aromatic heterocycles. The number of esters is 1. The molecule has 7 nitrogen and oxygen atoms in total. The van der Waals surface area contributed by atoms with Crippen molar-refractivity contribution in [2.45, 2.75) is 39.7 Å². The van der Waals surface area contributed by atoms with Crippen molar-refractivity contribution >= 4 is 22.9 Å². The minimum atomic E-state index is -0.566. The molecule has 29 heavy (non-hydrogen) atoms. The highest BCUT2D eigenvalue weighted by Gasteiger charge is 2.20. The van der Waals surface area contributed by atoms with Gasteiger partial charge in [-0.1, -0.05) is 43.7 Å². The number of hydrogen-bond acceptors (Lipinski definition) is 5. The van der Waals surface area contributed by atoms with E-state index in [0.717, 1.165) is 18.4 Å². The van der Waals surface area contributed by atoms with Crippen LogP contribution in [0, 0.1) is 0 Å². The molecule has 0 fully saturated rings. The minimum Gasteiger partial charge on any atom is -0.452 e. The fraction of sp³-hybridized carbons (Fsp3) is 0.364. The lowest BCUT2D eigenvalue weighted by molar-refractivity contribution is -0.124. The van der Waals surface area contributed by atoms with Gasteiger partial charge in [0.05, 0.1) is 22.8 Å². The largest absolute Gasteiger partial charge is 0.452 e. The summed E-state index contributed by atoms with van der Waals surface area (Å²) in [7, 11) is 0. The predicted molar refractivity (Wildman–Crippen MR) is 112 cm³/mol. The molecule has 0 radical (unpaired) electrons. The van der Waals surface area contributed by atoms with Crippen LogP contribution in [0.25, 0.3) is 22.3 Å². The zero-order valence-corrected chi connectivity index (χ0v) is 17.0. The van der Waals surface area contributed by atoms with E-state index in [0.29, 0.717) is 28.8 Å². The van der Waals surface area contributed by atoms with E-state index in [1.807, 2.05) is 51.1 Å². The molecule has 0 saturated carbocycles. The van der Waals surface area contributed by atoms with Crippen LogP contribution in [0.3, 0.4) is 0 Å². The molecule has 2 heterocycles. The van der Waals surface area contributed by atoms with Crippen molar-refractivity contribution in [3.05, 3.63) is 48.2 Å². The molecule has 0 bridgehead atoms. The molecule has 0 aliphatic heterocycles. The molecule has 0 saturated heterocycles. The van der Waals surface area contributed by atoms with E-state index in [1.54, 1.807) is 16.9 Å². The summed E-state index contributed by atoms with van der Waals surface area (Å²) in [4.78, 5) is 29.4. The lowest BCUT2D eigenvalue weighted by atomic mass is 10.1. The molecule has 7 heteroatoms. The minimum absolute atomic E-state index is 0.0826. The number of aromatic nitrogens is 3. The summed E-state index contributed by atoms with van der Waals surface area (Å²) in [6.07, 6.45) is 3.49. The van der Waals surface area contributed by atoms with Gasteiger partial charge in [0.25, 0.3) is 5.91 Å². The van der Waals surface area contributed by atoms with Gasteiger partial charge in [0.15, 0.2) is 12.3 Å². The Kier molecular flexibility index (Phi) is 6.59. The van der Waals surface area contributed by atoms with E-state index in [9.17, 15) is 9.59 Å². The third kappa shape index (κ3) is 4.80. The smallest absolute Gasteiger partial charge is 0.339 e. The van der Waals surface area contributed by atoms with E-state index >= 15 is 0 Å². The van der Waals surface area contributed by atoms with E-state index in [-0.39, 0.29) is 18.6 Å². The maximum Gasteiger partial charge on any atom is 0.339 e. The number of unbranched alkanes of at least 4 members (excludes halogenated alkanes) is 1. The van der Waals surface area contributed by atoms with Crippen LogP contribution >= 0.6 is 0 Å². The first kappa shape index (κ1) is 20.5. The first-order valence-corrected chi connectivity index (χ1v) is 9.88. The molecule has 3 aromatic rings. The number of carbonyl (C=O) groups excluding carboxylic acids is 2. The summed E-state index contributed by atoms with van der Waals surface area (Å²) in [6.45, 7) is 6.31. The van der Waals surface area contributed by atoms with Crippen LogP contribution in [0.1, 0.15) is 50.0 Å². The van der Waals surface area contributed by atoms with Crippen molar-refractivity contribution in [1.82, 2.24) is 20.1 Å². The zero-order chi connectivity index (χ0) is 20.8. The van der Waals surface area contributed by atoms with Crippen molar-refractivity contribution in [2.75, 3.05) is 13.2 Å². The highest BCUT2D eigenvalue weighted by Crippen LogP contribution is 2.26. The summed E-state index contributed by atoms with van der Waals surface area (Å²) >= 11 is 0. The molecular formula is C22H26N4O3. The number of fused-ring (bicyclic) bond motifs is 1. The average molecular weight is 394 g/mol. The second-order valence-electron chi connectivity index (χ2n) is 7.12. The van der Waals surface area contributed by atoms with Crippen LogP contribution in [0.15, 0.2) is 42.6 Å². The summed E-state index contributed by atoms with van der Waals surface area (Å²) in [5, 5.41) is 7.73. The Hall–Kier alpha value is -3.22. The number of nitrogens with zero attached hydrogens (tertiary/aromatic N) is 3. The van der Waals surface area contributed by atoms with Crippen molar-refractivity contribution in [3.63, 3.8) is 0 Å². The van der Waals surface area contributed by atoms with Gasteiger partial charge in [-0.2, -0.15) is 5.10 Å². The second-order valence-corrected chi connectivity index (χ2v) is 7.12. The quantitative estimate of drug-likeness (QED) is 0.464. The fourth-order valence-electron chi connectivity index (χ4n) is 2.99. The Labute approximate surface area is 170 Å². The van der Waals surface area contributed by atoms with Gasteiger partial charge in [-0.25, -0.2) is 14.5 Å². The maximum atomic E-state index is 12.8. The number of amides is 1. The van der Waals surface area contributed by atoms with Crippen LogP contribution in [0.5, 0.6) is 0 Å². The Morgan fingerprint density at radius 3 is 2.66 bits per heavy atom. The van der Waals surface area contributed by atoms with Crippen molar-refractivity contribution in [2.24, 2.45) is 0 Å². The third-order valence-electron chi connectivity index (χ3n) is 4.53. The SMILES string of the molecule is CCCCNC(=O)COC(=O)c1cc(-c2ccccc2)nc2c1cnn2C(C)C. The molecule has 0 atom stereocenters. The van der Waals surface area contributed by atoms with Gasteiger partial charge in [-0.15, -0.1) is 0 Å². The van der Waals surface area contributed by atoms with Crippen molar-refractivity contribution in [1.29, 1.82) is 0 Å². The van der Waals surface area contributed by atoms with Crippen molar-refractivity contribution < 1.29 is 14.3 Å². The zero-order valence-electron chi connectivity index (χ0n) is 17.0. The molecule has 0 unspecified atom stereocenters. The van der Waals surface area contributed by atoms with Gasteiger partial charge in [0, 0.05) is 18.2 Å². The number of rotatable bonds is 8. The molecule has 0 aliphatic rings. The summed E-state index contributed by atoms with van der Waals surface area (Å²) in [6, 6.07) is 11.4.